The summed E-state index contributed by atoms with van der Waals surface area (Å²) in [7, 11) is 0. The minimum atomic E-state index is -0.0569. The van der Waals surface area contributed by atoms with E-state index in [4.69, 9.17) is 5.48 Å². The van der Waals surface area contributed by atoms with Gasteiger partial charge in [0.05, 0.1) is 5.48 Å². The zero-order valence-electron chi connectivity index (χ0n) is 7.31. The van der Waals surface area contributed by atoms with E-state index in [1.54, 1.807) is 0 Å². The van der Waals surface area contributed by atoms with Gasteiger partial charge >= 0.3 is 0 Å². The maximum atomic E-state index is 7.03. The number of hydrogen-bond acceptors (Lipinski definition) is 0. The van der Waals surface area contributed by atoms with Crippen LogP contribution in [0.15, 0.2) is 37.4 Å². The monoisotopic (exact) mass is 84.1 g/mol. The lowest BCUT2D eigenvalue weighted by Crippen LogP contribution is -1.38. The molecule has 0 aliphatic heterocycles. The lowest BCUT2D eigenvalue weighted by Gasteiger charge is -1.60. The Bertz CT molecular complexity index is 158. The summed E-state index contributed by atoms with van der Waals surface area (Å²) in [4.78, 5) is 0. The molecule has 0 nitrogen and oxygen atoms in total. The molecular formula is C6H8. The van der Waals surface area contributed by atoms with E-state index in [2.05, 4.69) is 0 Å². The Morgan fingerprint density at radius 2 is 1.83 bits per heavy atom. The predicted molar refractivity (Wildman–Crippen MR) is 29.5 cm³/mol. The van der Waals surface area contributed by atoms with E-state index in [0.29, 0.717) is 0 Å². The van der Waals surface area contributed by atoms with Crippen LogP contribution in [0.4, 0.5) is 0 Å². The largest absolute Gasteiger partial charge is 0.0991 e. The second-order valence-corrected chi connectivity index (χ2v) is 0.622. The molecule has 0 N–H and O–H groups in total. The molecule has 0 amide bonds. The average Bonchev–Trinajstić information content (AvgIpc) is 1.89. The maximum Gasteiger partial charge on any atom is 0.0622 e. The maximum absolute atomic E-state index is 7.03. The van der Waals surface area contributed by atoms with Gasteiger partial charge < -0.3 is 0 Å². The van der Waals surface area contributed by atoms with Crippen LogP contribution in [0.3, 0.4) is 0 Å². The van der Waals surface area contributed by atoms with Gasteiger partial charge in [0.25, 0.3) is 0 Å². The molecule has 0 bridgehead atoms. The van der Waals surface area contributed by atoms with Crippen LogP contribution in [0.5, 0.6) is 0 Å². The normalized spacial score (nSPS) is 25.3. The molecule has 0 saturated heterocycles. The molecule has 6 heavy (non-hydrogen) atoms. The van der Waals surface area contributed by atoms with Crippen molar-refractivity contribution in [3.63, 3.8) is 0 Å². The standard InChI is InChI=1S/C6H8/c1-3-5-6-4-2/h3-6H,1-2H2/b6-5-/i1D,2D,5D,6D/b3-1?,4-2?,6-5-. The zero-order chi connectivity index (χ0) is 7.98. The quantitative estimate of drug-likeness (QED) is 0.448. The molecule has 0 aliphatic rings. The smallest absolute Gasteiger partial charge is 0.0622 e. The molecule has 0 aliphatic carbocycles. The second kappa shape index (κ2) is 4.22. The van der Waals surface area contributed by atoms with E-state index in [9.17, 15) is 0 Å². The van der Waals surface area contributed by atoms with Crippen LogP contribution in [0.25, 0.3) is 0 Å². The van der Waals surface area contributed by atoms with E-state index >= 15 is 0 Å². The lowest BCUT2D eigenvalue weighted by atomic mass is 10.5. The van der Waals surface area contributed by atoms with Crippen molar-refractivity contribution in [2.24, 2.45) is 0 Å². The molecule has 0 fully saturated rings. The highest BCUT2D eigenvalue weighted by molar-refractivity contribution is 5.05. The number of hydrogen-bond donors (Lipinski definition) is 0. The van der Waals surface area contributed by atoms with Crippen LogP contribution < -0.4 is 0 Å². The molecule has 0 radical (unpaired) electrons. The third-order valence-electron chi connectivity index (χ3n) is 0.250. The Balaban J connectivity index is 4.33. The Hall–Kier alpha value is -0.780. The summed E-state index contributed by atoms with van der Waals surface area (Å²) >= 11 is 0. The molecular weight excluding hydrogens is 72.1 g/mol. The summed E-state index contributed by atoms with van der Waals surface area (Å²) in [6.45, 7) is 1.88. The molecule has 0 heteroatoms. The SMILES string of the molecule is [2H]C=C/C([2H])=C(/[2H])C=C[2H]. The summed E-state index contributed by atoms with van der Waals surface area (Å²) in [5.74, 6) is 0. The van der Waals surface area contributed by atoms with E-state index < -0.39 is 0 Å². The highest BCUT2D eigenvalue weighted by Gasteiger charge is 1.47. The molecule has 0 aromatic rings. The van der Waals surface area contributed by atoms with Gasteiger partial charge in [-0.25, -0.2) is 0 Å². The topological polar surface area (TPSA) is 0 Å². The summed E-state index contributed by atoms with van der Waals surface area (Å²) in [5.41, 5.74) is 0. The van der Waals surface area contributed by atoms with Crippen molar-refractivity contribution in [1.82, 2.24) is 0 Å². The Labute approximate surface area is 44.1 Å². The van der Waals surface area contributed by atoms with Gasteiger partial charge in [0.2, 0.25) is 0 Å². The van der Waals surface area contributed by atoms with Crippen molar-refractivity contribution in [3.8, 4) is 0 Å². The van der Waals surface area contributed by atoms with Crippen LogP contribution >= 0.6 is 0 Å². The Morgan fingerprint density at radius 1 is 1.33 bits per heavy atom. The van der Waals surface area contributed by atoms with Crippen molar-refractivity contribution in [2.45, 2.75) is 0 Å². The third kappa shape index (κ3) is 3.22. The highest BCUT2D eigenvalue weighted by Crippen LogP contribution is 1.69. The molecule has 0 spiro atoms. The fourth-order valence-electron chi connectivity index (χ4n) is 0.0962. The van der Waals surface area contributed by atoms with E-state index in [1.165, 1.54) is 12.2 Å². The molecule has 0 aromatic carbocycles. The van der Waals surface area contributed by atoms with E-state index in [0.717, 1.165) is 13.1 Å². The number of rotatable bonds is 2. The zero-order valence-corrected chi connectivity index (χ0v) is 3.31. The highest BCUT2D eigenvalue weighted by atomic mass is 13.5. The molecule has 0 unspecified atom stereocenters. The molecule has 0 rings (SSSR count). The summed E-state index contributed by atoms with van der Waals surface area (Å²) in [6.07, 6.45) is 2.37. The van der Waals surface area contributed by atoms with Crippen molar-refractivity contribution in [3.05, 3.63) is 37.4 Å². The van der Waals surface area contributed by atoms with Crippen molar-refractivity contribution in [1.29, 1.82) is 0 Å². The Kier molecular flexibility index (Phi) is 0.968. The minimum Gasteiger partial charge on any atom is -0.0991 e. The molecule has 0 saturated carbocycles. The predicted octanol–water partition coefficient (Wildman–Crippen LogP) is 1.91. The fraction of sp³-hybridized carbons (Fsp3) is 0. The van der Waals surface area contributed by atoms with Crippen LogP contribution in [0, 0.1) is 0 Å². The van der Waals surface area contributed by atoms with Crippen molar-refractivity contribution >= 4 is 0 Å². The van der Waals surface area contributed by atoms with E-state index in [-0.39, 0.29) is 12.1 Å². The number of allylic oxidation sites excluding steroid dienone is 4. The van der Waals surface area contributed by atoms with Gasteiger partial charge in [-0.3, -0.25) is 0 Å². The lowest BCUT2D eigenvalue weighted by molar-refractivity contribution is 1.98. The van der Waals surface area contributed by atoms with Gasteiger partial charge in [0.1, 0.15) is 0 Å². The first-order valence-corrected chi connectivity index (χ1v) is 1.49. The van der Waals surface area contributed by atoms with Crippen LogP contribution in [-0.4, -0.2) is 0 Å². The van der Waals surface area contributed by atoms with Gasteiger partial charge in [-0.05, 0) is 0 Å². The third-order valence-corrected chi connectivity index (χ3v) is 0.250. The van der Waals surface area contributed by atoms with Crippen LogP contribution in [0.2, 0.25) is 0 Å². The van der Waals surface area contributed by atoms with Crippen LogP contribution in [0.1, 0.15) is 5.48 Å². The summed E-state index contributed by atoms with van der Waals surface area (Å²) < 4.78 is 27.2. The fourth-order valence-corrected chi connectivity index (χ4v) is 0.0962. The van der Waals surface area contributed by atoms with Gasteiger partial charge in [-0.1, -0.05) is 37.4 Å². The first-order valence-electron chi connectivity index (χ1n) is 3.65. The van der Waals surface area contributed by atoms with Gasteiger partial charge in [-0.15, -0.1) is 0 Å². The minimum absolute atomic E-state index is 0.0569. The second-order valence-electron chi connectivity index (χ2n) is 0.622. The summed E-state index contributed by atoms with van der Waals surface area (Å²) in [6, 6.07) is -0.114. The van der Waals surface area contributed by atoms with E-state index in [1.807, 2.05) is 0 Å². The molecule has 0 atom stereocenters. The van der Waals surface area contributed by atoms with Crippen molar-refractivity contribution < 1.29 is 5.48 Å². The first kappa shape index (κ1) is 1.38. The average molecular weight is 84.2 g/mol. The summed E-state index contributed by atoms with van der Waals surface area (Å²) in [5, 5.41) is 0. The molecule has 32 valence electrons. The van der Waals surface area contributed by atoms with Gasteiger partial charge in [0.15, 0.2) is 0 Å². The van der Waals surface area contributed by atoms with Crippen LogP contribution in [-0.2, 0) is 0 Å². The van der Waals surface area contributed by atoms with Crippen molar-refractivity contribution in [2.75, 3.05) is 0 Å². The first-order chi connectivity index (χ1) is 4.72. The molecule has 0 heterocycles. The Morgan fingerprint density at radius 3 is 2.17 bits per heavy atom. The van der Waals surface area contributed by atoms with Gasteiger partial charge in [0, 0.05) is 0 Å². The van der Waals surface area contributed by atoms with Gasteiger partial charge in [-0.2, -0.15) is 0 Å². The molecule has 0 aromatic heterocycles.